The summed E-state index contributed by atoms with van der Waals surface area (Å²) in [6.07, 6.45) is 4.80. The van der Waals surface area contributed by atoms with Crippen LogP contribution in [0, 0.1) is 6.92 Å². The molecule has 154 valence electrons. The maximum Gasteiger partial charge on any atom is 0.161 e. The second-order valence-electron chi connectivity index (χ2n) is 7.86. The fourth-order valence-electron chi connectivity index (χ4n) is 4.36. The van der Waals surface area contributed by atoms with E-state index in [1.165, 1.54) is 5.56 Å². The van der Waals surface area contributed by atoms with Crippen LogP contribution >= 0.6 is 0 Å². The number of aromatic amines is 2. The highest BCUT2D eigenvalue weighted by Crippen LogP contribution is 2.35. The van der Waals surface area contributed by atoms with Gasteiger partial charge in [0.05, 0.1) is 28.6 Å². The summed E-state index contributed by atoms with van der Waals surface area (Å²) >= 11 is 0. The van der Waals surface area contributed by atoms with E-state index >= 15 is 0 Å². The lowest BCUT2D eigenvalue weighted by molar-refractivity contribution is 0.453. The van der Waals surface area contributed by atoms with Crippen molar-refractivity contribution in [3.63, 3.8) is 0 Å². The normalized spacial score (nSPS) is 15.1. The second kappa shape index (κ2) is 7.53. The van der Waals surface area contributed by atoms with Gasteiger partial charge < -0.3 is 16.0 Å². The lowest BCUT2D eigenvalue weighted by Gasteiger charge is -2.22. The summed E-state index contributed by atoms with van der Waals surface area (Å²) in [5.74, 6) is 1.44. The van der Waals surface area contributed by atoms with Crippen LogP contribution in [0.3, 0.4) is 0 Å². The molecule has 5 rings (SSSR count). The minimum atomic E-state index is 0.361. The van der Waals surface area contributed by atoms with E-state index in [1.807, 2.05) is 19.1 Å². The highest BCUT2D eigenvalue weighted by atomic mass is 15.1. The monoisotopic (exact) mass is 402 g/mol. The highest BCUT2D eigenvalue weighted by Gasteiger charge is 2.24. The Balaban J connectivity index is 1.61. The molecule has 0 atom stereocenters. The van der Waals surface area contributed by atoms with Gasteiger partial charge >= 0.3 is 0 Å². The lowest BCUT2D eigenvalue weighted by atomic mass is 9.91. The van der Waals surface area contributed by atoms with Gasteiger partial charge in [0, 0.05) is 17.2 Å². The topological polar surface area (TPSA) is 121 Å². The van der Waals surface area contributed by atoms with E-state index in [1.54, 1.807) is 6.20 Å². The van der Waals surface area contributed by atoms with E-state index in [2.05, 4.69) is 38.5 Å². The summed E-state index contributed by atoms with van der Waals surface area (Å²) in [4.78, 5) is 17.5. The molecule has 0 amide bonds. The van der Waals surface area contributed by atoms with Crippen LogP contribution in [-0.4, -0.2) is 43.2 Å². The predicted molar refractivity (Wildman–Crippen MR) is 118 cm³/mol. The number of hydrogen-bond donors (Lipinski definition) is 4. The van der Waals surface area contributed by atoms with Crippen molar-refractivity contribution in [1.82, 2.24) is 35.5 Å². The zero-order valence-corrected chi connectivity index (χ0v) is 17.3. The van der Waals surface area contributed by atoms with E-state index in [0.29, 0.717) is 23.3 Å². The van der Waals surface area contributed by atoms with E-state index < -0.39 is 0 Å². The minimum absolute atomic E-state index is 0.361. The van der Waals surface area contributed by atoms with E-state index in [0.717, 1.165) is 66.0 Å². The third-order valence-electron chi connectivity index (χ3n) is 5.98. The van der Waals surface area contributed by atoms with Crippen LogP contribution in [0.2, 0.25) is 0 Å². The van der Waals surface area contributed by atoms with Crippen molar-refractivity contribution in [3.8, 4) is 22.8 Å². The molecular weight excluding hydrogens is 376 g/mol. The quantitative estimate of drug-likeness (QED) is 0.415. The summed E-state index contributed by atoms with van der Waals surface area (Å²) in [5, 5.41) is 11.2. The Morgan fingerprint density at radius 3 is 2.80 bits per heavy atom. The van der Waals surface area contributed by atoms with Crippen molar-refractivity contribution < 1.29 is 0 Å². The maximum absolute atomic E-state index is 6.22. The number of hydrogen-bond acceptors (Lipinski definition) is 6. The van der Waals surface area contributed by atoms with Gasteiger partial charge in [-0.1, -0.05) is 19.1 Å². The average molecular weight is 403 g/mol. The third-order valence-corrected chi connectivity index (χ3v) is 5.98. The molecule has 0 aliphatic carbocycles. The van der Waals surface area contributed by atoms with Crippen LogP contribution in [0.1, 0.15) is 42.6 Å². The van der Waals surface area contributed by atoms with Crippen molar-refractivity contribution in [2.45, 2.75) is 39.0 Å². The molecule has 4 aromatic rings. The summed E-state index contributed by atoms with van der Waals surface area (Å²) in [7, 11) is 0. The van der Waals surface area contributed by atoms with Crippen molar-refractivity contribution in [2.24, 2.45) is 0 Å². The highest BCUT2D eigenvalue weighted by molar-refractivity contribution is 5.83. The first-order valence-corrected chi connectivity index (χ1v) is 10.5. The molecule has 0 saturated carbocycles. The van der Waals surface area contributed by atoms with Gasteiger partial charge in [0.1, 0.15) is 5.69 Å². The predicted octanol–water partition coefficient (Wildman–Crippen LogP) is 3.33. The summed E-state index contributed by atoms with van der Waals surface area (Å²) in [5.41, 5.74) is 13.8. The van der Waals surface area contributed by atoms with Gasteiger partial charge in [-0.25, -0.2) is 15.0 Å². The summed E-state index contributed by atoms with van der Waals surface area (Å²) in [6, 6.07) is 6.15. The first kappa shape index (κ1) is 18.7. The number of para-hydroxylation sites is 1. The van der Waals surface area contributed by atoms with E-state index in [4.69, 9.17) is 15.7 Å². The number of nitrogen functional groups attached to an aromatic ring is 1. The number of aryl methyl sites for hydroxylation is 2. The molecule has 3 aromatic heterocycles. The number of benzene rings is 1. The molecule has 1 aliphatic rings. The largest absolute Gasteiger partial charge is 0.382 e. The van der Waals surface area contributed by atoms with Crippen LogP contribution in [0.4, 0.5) is 5.82 Å². The second-order valence-corrected chi connectivity index (χ2v) is 7.86. The Labute approximate surface area is 174 Å². The van der Waals surface area contributed by atoms with Crippen LogP contribution in [0.5, 0.6) is 0 Å². The van der Waals surface area contributed by atoms with Gasteiger partial charge in [-0.3, -0.25) is 5.10 Å². The van der Waals surface area contributed by atoms with Gasteiger partial charge in [0.2, 0.25) is 0 Å². The van der Waals surface area contributed by atoms with Gasteiger partial charge in [-0.05, 0) is 50.9 Å². The molecule has 0 spiro atoms. The maximum atomic E-state index is 6.22. The SMILES string of the molecule is CCc1cccc2[nH]c(-c3nc(-c4c(C)n[nH]c4C4CCNCC4)cnc3N)nc12. The van der Waals surface area contributed by atoms with Gasteiger partial charge in [0.15, 0.2) is 11.6 Å². The average Bonchev–Trinajstić information content (AvgIpc) is 3.38. The van der Waals surface area contributed by atoms with Crippen molar-refractivity contribution in [2.75, 3.05) is 18.8 Å². The first-order chi connectivity index (χ1) is 14.7. The van der Waals surface area contributed by atoms with Gasteiger partial charge in [0.25, 0.3) is 0 Å². The molecule has 1 aromatic carbocycles. The van der Waals surface area contributed by atoms with Crippen molar-refractivity contribution in [1.29, 1.82) is 0 Å². The zero-order chi connectivity index (χ0) is 20.7. The smallest absolute Gasteiger partial charge is 0.161 e. The molecule has 1 aliphatic heterocycles. The number of anilines is 1. The van der Waals surface area contributed by atoms with Gasteiger partial charge in [-0.2, -0.15) is 5.10 Å². The number of rotatable bonds is 4. The molecule has 0 radical (unpaired) electrons. The van der Waals surface area contributed by atoms with Crippen molar-refractivity contribution in [3.05, 3.63) is 41.3 Å². The molecule has 4 heterocycles. The van der Waals surface area contributed by atoms with E-state index in [9.17, 15) is 0 Å². The molecule has 1 saturated heterocycles. The van der Waals surface area contributed by atoms with Gasteiger partial charge in [-0.15, -0.1) is 0 Å². The number of fused-ring (bicyclic) bond motifs is 1. The Kier molecular flexibility index (Phi) is 4.71. The Bertz CT molecular complexity index is 1200. The fraction of sp³-hybridized carbons (Fsp3) is 0.364. The van der Waals surface area contributed by atoms with E-state index in [-0.39, 0.29) is 0 Å². The van der Waals surface area contributed by atoms with Crippen LogP contribution < -0.4 is 11.1 Å². The molecule has 0 bridgehead atoms. The summed E-state index contributed by atoms with van der Waals surface area (Å²) in [6.45, 7) is 6.16. The summed E-state index contributed by atoms with van der Waals surface area (Å²) < 4.78 is 0. The molecular formula is C22H26N8. The molecule has 0 unspecified atom stereocenters. The number of H-pyrrole nitrogens is 2. The Morgan fingerprint density at radius 1 is 1.17 bits per heavy atom. The number of imidazole rings is 1. The molecule has 8 heteroatoms. The number of piperidine rings is 1. The molecule has 8 nitrogen and oxygen atoms in total. The van der Waals surface area contributed by atoms with Crippen LogP contribution in [-0.2, 0) is 6.42 Å². The zero-order valence-electron chi connectivity index (χ0n) is 17.3. The number of nitrogens with zero attached hydrogens (tertiary/aromatic N) is 4. The molecule has 30 heavy (non-hydrogen) atoms. The molecule has 1 fully saturated rings. The first-order valence-electron chi connectivity index (χ1n) is 10.5. The third kappa shape index (κ3) is 3.13. The van der Waals surface area contributed by atoms with Crippen LogP contribution in [0.25, 0.3) is 33.8 Å². The number of aromatic nitrogens is 6. The molecule has 5 N–H and O–H groups in total. The Hall–Kier alpha value is -3.26. The Morgan fingerprint density at radius 2 is 2.00 bits per heavy atom. The fourth-order valence-corrected chi connectivity index (χ4v) is 4.36. The standard InChI is InChI=1S/C22H26N8/c1-3-13-5-4-6-15-18(13)28-22(27-15)20-21(23)25-11-16(26-20)17-12(2)29-30-19(17)14-7-9-24-10-8-14/h4-6,11,14,24H,3,7-10H2,1-2H3,(H2,23,25)(H,27,28)(H,29,30). The lowest BCUT2D eigenvalue weighted by Crippen LogP contribution is -2.27. The number of nitrogens with two attached hydrogens (primary N) is 1. The minimum Gasteiger partial charge on any atom is -0.382 e. The van der Waals surface area contributed by atoms with Crippen LogP contribution in [0.15, 0.2) is 24.4 Å². The number of nitrogens with one attached hydrogen (secondary N) is 3. The van der Waals surface area contributed by atoms with Crippen molar-refractivity contribution >= 4 is 16.9 Å².